The van der Waals surface area contributed by atoms with E-state index in [4.69, 9.17) is 14.2 Å². The van der Waals surface area contributed by atoms with Gasteiger partial charge in [0.15, 0.2) is 5.78 Å². The van der Waals surface area contributed by atoms with Crippen molar-refractivity contribution in [2.24, 2.45) is 0 Å². The van der Waals surface area contributed by atoms with Gasteiger partial charge in [0.1, 0.15) is 11.9 Å². The summed E-state index contributed by atoms with van der Waals surface area (Å²) in [5.41, 5.74) is 1.48. The highest BCUT2D eigenvalue weighted by Gasteiger charge is 2.27. The Labute approximate surface area is 116 Å². The molecule has 0 bridgehead atoms. The van der Waals surface area contributed by atoms with Crippen LogP contribution in [-0.4, -0.2) is 43.3 Å². The van der Waals surface area contributed by atoms with Gasteiger partial charge in [0.05, 0.1) is 31.8 Å². The van der Waals surface area contributed by atoms with Crippen molar-refractivity contribution >= 4 is 16.7 Å². The number of Topliss-reactive ketones (excluding diaryl/α,β-unsaturated/α-hetero) is 1. The van der Waals surface area contributed by atoms with Crippen LogP contribution in [0.1, 0.15) is 17.3 Å². The van der Waals surface area contributed by atoms with E-state index >= 15 is 0 Å². The Morgan fingerprint density at radius 2 is 2.35 bits per heavy atom. The van der Waals surface area contributed by atoms with Gasteiger partial charge < -0.3 is 19.2 Å². The fourth-order valence-electron chi connectivity index (χ4n) is 2.43. The maximum atomic E-state index is 12.6. The third-order valence-electron chi connectivity index (χ3n) is 3.34. The monoisotopic (exact) mass is 275 g/mol. The first-order chi connectivity index (χ1) is 9.81. The molecule has 1 N–H and O–H groups in total. The molecule has 2 aromatic rings. The molecule has 2 heterocycles. The van der Waals surface area contributed by atoms with Gasteiger partial charge in [0.2, 0.25) is 0 Å². The molecule has 5 nitrogen and oxygen atoms in total. The second-order valence-electron chi connectivity index (χ2n) is 4.61. The number of rotatable bonds is 4. The molecule has 106 valence electrons. The van der Waals surface area contributed by atoms with Crippen LogP contribution in [-0.2, 0) is 9.47 Å². The summed E-state index contributed by atoms with van der Waals surface area (Å²) in [6.45, 7) is 3.79. The maximum absolute atomic E-state index is 12.6. The van der Waals surface area contributed by atoms with Gasteiger partial charge >= 0.3 is 0 Å². The smallest absolute Gasteiger partial charge is 0.196 e. The van der Waals surface area contributed by atoms with Crippen molar-refractivity contribution in [2.75, 3.05) is 26.4 Å². The summed E-state index contributed by atoms with van der Waals surface area (Å²) in [4.78, 5) is 15.7. The predicted molar refractivity (Wildman–Crippen MR) is 74.4 cm³/mol. The van der Waals surface area contributed by atoms with Crippen LogP contribution >= 0.6 is 0 Å². The highest BCUT2D eigenvalue weighted by Crippen LogP contribution is 2.30. The maximum Gasteiger partial charge on any atom is 0.196 e. The zero-order valence-corrected chi connectivity index (χ0v) is 11.3. The van der Waals surface area contributed by atoms with E-state index in [0.29, 0.717) is 37.7 Å². The average Bonchev–Trinajstić information content (AvgIpc) is 2.93. The Hall–Kier alpha value is -1.85. The molecule has 3 rings (SSSR count). The zero-order chi connectivity index (χ0) is 13.9. The first kappa shape index (κ1) is 13.1. The summed E-state index contributed by atoms with van der Waals surface area (Å²) in [6.07, 6.45) is 1.19. The van der Waals surface area contributed by atoms with E-state index in [-0.39, 0.29) is 5.78 Å². The minimum Gasteiger partial charge on any atom is -0.493 e. The van der Waals surface area contributed by atoms with E-state index in [9.17, 15) is 4.79 Å². The van der Waals surface area contributed by atoms with E-state index in [2.05, 4.69) is 4.98 Å². The van der Waals surface area contributed by atoms with Crippen molar-refractivity contribution in [2.45, 2.75) is 13.0 Å². The van der Waals surface area contributed by atoms with Crippen LogP contribution < -0.4 is 4.74 Å². The number of fused-ring (bicyclic) bond motifs is 1. The molecule has 0 aliphatic carbocycles. The van der Waals surface area contributed by atoms with Crippen LogP contribution in [0, 0.1) is 0 Å². The largest absolute Gasteiger partial charge is 0.493 e. The molecule has 0 spiro atoms. The van der Waals surface area contributed by atoms with Crippen molar-refractivity contribution in [3.63, 3.8) is 0 Å². The molecule has 1 unspecified atom stereocenters. The van der Waals surface area contributed by atoms with Crippen LogP contribution in [0.3, 0.4) is 0 Å². The van der Waals surface area contributed by atoms with Crippen molar-refractivity contribution in [3.8, 4) is 5.75 Å². The molecule has 1 atom stereocenters. The Kier molecular flexibility index (Phi) is 3.71. The van der Waals surface area contributed by atoms with Gasteiger partial charge in [-0.2, -0.15) is 0 Å². The van der Waals surface area contributed by atoms with Gasteiger partial charge in [0, 0.05) is 17.3 Å². The summed E-state index contributed by atoms with van der Waals surface area (Å²) in [5.74, 6) is 0.648. The summed E-state index contributed by atoms with van der Waals surface area (Å²) in [7, 11) is 0. The lowest BCUT2D eigenvalue weighted by atomic mass is 10.0. The van der Waals surface area contributed by atoms with Crippen LogP contribution in [0.25, 0.3) is 10.9 Å². The minimum atomic E-state index is -0.530. The molecule has 5 heteroatoms. The molecule has 0 amide bonds. The number of ether oxygens (including phenoxy) is 3. The van der Waals surface area contributed by atoms with E-state index in [1.807, 2.05) is 25.1 Å². The Morgan fingerprint density at radius 3 is 3.10 bits per heavy atom. The van der Waals surface area contributed by atoms with Crippen LogP contribution in [0.15, 0.2) is 24.4 Å². The van der Waals surface area contributed by atoms with Crippen molar-refractivity contribution in [1.29, 1.82) is 0 Å². The topological polar surface area (TPSA) is 60.6 Å². The third kappa shape index (κ3) is 2.30. The third-order valence-corrected chi connectivity index (χ3v) is 3.34. The van der Waals surface area contributed by atoms with Gasteiger partial charge in [-0.3, -0.25) is 4.79 Å². The number of carbonyl (C=O) groups is 1. The van der Waals surface area contributed by atoms with Crippen molar-refractivity contribution in [3.05, 3.63) is 30.0 Å². The predicted octanol–water partition coefficient (Wildman–Crippen LogP) is 2.16. The molecule has 1 aliphatic heterocycles. The Balaban J connectivity index is 2.00. The average molecular weight is 275 g/mol. The fraction of sp³-hybridized carbons (Fsp3) is 0.400. The normalized spacial score (nSPS) is 19.1. The second kappa shape index (κ2) is 5.64. The van der Waals surface area contributed by atoms with Crippen LogP contribution in [0.4, 0.5) is 0 Å². The molecule has 0 radical (unpaired) electrons. The minimum absolute atomic E-state index is 0.0666. The molecule has 1 fully saturated rings. The fourth-order valence-corrected chi connectivity index (χ4v) is 2.43. The highest BCUT2D eigenvalue weighted by atomic mass is 16.6. The summed E-state index contributed by atoms with van der Waals surface area (Å²) < 4.78 is 16.4. The van der Waals surface area contributed by atoms with Gasteiger partial charge in [-0.1, -0.05) is 6.07 Å². The number of hydrogen-bond donors (Lipinski definition) is 1. The van der Waals surface area contributed by atoms with Gasteiger partial charge in [0.25, 0.3) is 0 Å². The number of aromatic amines is 1. The van der Waals surface area contributed by atoms with Gasteiger partial charge in [-0.15, -0.1) is 0 Å². The molecule has 1 saturated heterocycles. The quantitative estimate of drug-likeness (QED) is 0.869. The lowest BCUT2D eigenvalue weighted by Gasteiger charge is -2.21. The van der Waals surface area contributed by atoms with Crippen molar-refractivity contribution < 1.29 is 19.0 Å². The summed E-state index contributed by atoms with van der Waals surface area (Å²) >= 11 is 0. The molecular formula is C15H17NO4. The van der Waals surface area contributed by atoms with Gasteiger partial charge in [-0.05, 0) is 19.1 Å². The number of carbonyl (C=O) groups excluding carboxylic acids is 1. The Bertz CT molecular complexity index is 613. The standard InChI is InChI=1S/C15H17NO4/c1-2-19-12-5-3-4-11-14(12)10(8-16-11)15(17)13-9-18-6-7-20-13/h3-5,8,13,16H,2,6-7,9H2,1H3. The van der Waals surface area contributed by atoms with Crippen LogP contribution in [0.5, 0.6) is 5.75 Å². The lowest BCUT2D eigenvalue weighted by Crippen LogP contribution is -2.35. The van der Waals surface area contributed by atoms with E-state index < -0.39 is 6.10 Å². The van der Waals surface area contributed by atoms with Gasteiger partial charge in [-0.25, -0.2) is 0 Å². The zero-order valence-electron chi connectivity index (χ0n) is 11.3. The number of ketones is 1. The van der Waals surface area contributed by atoms with E-state index in [0.717, 1.165) is 10.9 Å². The summed E-state index contributed by atoms with van der Waals surface area (Å²) in [6, 6.07) is 5.69. The van der Waals surface area contributed by atoms with Crippen molar-refractivity contribution in [1.82, 2.24) is 4.98 Å². The molecular weight excluding hydrogens is 258 g/mol. The SMILES string of the molecule is CCOc1cccc2[nH]cc(C(=O)C3COCCO3)c12. The molecule has 1 aliphatic rings. The molecule has 1 aromatic heterocycles. The first-order valence-electron chi connectivity index (χ1n) is 6.77. The summed E-state index contributed by atoms with van der Waals surface area (Å²) in [5, 5.41) is 0.813. The number of aromatic nitrogens is 1. The molecule has 20 heavy (non-hydrogen) atoms. The molecule has 0 saturated carbocycles. The number of H-pyrrole nitrogens is 1. The molecule has 1 aromatic carbocycles. The van der Waals surface area contributed by atoms with E-state index in [1.165, 1.54) is 0 Å². The Morgan fingerprint density at radius 1 is 1.45 bits per heavy atom. The van der Waals surface area contributed by atoms with E-state index in [1.54, 1.807) is 6.20 Å². The second-order valence-corrected chi connectivity index (χ2v) is 4.61. The van der Waals surface area contributed by atoms with Crippen LogP contribution in [0.2, 0.25) is 0 Å². The highest BCUT2D eigenvalue weighted by molar-refractivity contribution is 6.11. The number of nitrogens with one attached hydrogen (secondary N) is 1. The number of hydrogen-bond acceptors (Lipinski definition) is 4. The first-order valence-corrected chi connectivity index (χ1v) is 6.77. The lowest BCUT2D eigenvalue weighted by molar-refractivity contribution is -0.0718. The number of benzene rings is 1.